The Morgan fingerprint density at radius 3 is 2.04 bits per heavy atom. The van der Waals surface area contributed by atoms with E-state index in [4.69, 9.17) is 8.83 Å². The van der Waals surface area contributed by atoms with Gasteiger partial charge in [-0.3, -0.25) is 4.79 Å². The van der Waals surface area contributed by atoms with E-state index in [9.17, 15) is 14.4 Å². The maximum absolute atomic E-state index is 13.0. The van der Waals surface area contributed by atoms with Crippen molar-refractivity contribution in [1.29, 1.82) is 0 Å². The molecule has 0 bridgehead atoms. The number of benzene rings is 4. The van der Waals surface area contributed by atoms with Crippen molar-refractivity contribution in [3.05, 3.63) is 130 Å². The van der Waals surface area contributed by atoms with Gasteiger partial charge in [0.25, 0.3) is 5.91 Å². The van der Waals surface area contributed by atoms with Gasteiger partial charge in [-0.05, 0) is 74.4 Å². The van der Waals surface area contributed by atoms with Gasteiger partial charge in [0.1, 0.15) is 22.7 Å². The molecule has 2 atom stereocenters. The highest BCUT2D eigenvalue weighted by atomic mass is 16.3. The SMILES string of the molecule is Cc1c(C(C)NC(=O)Nc2ccc(Cc3c([C@@H](C)NC(=O)Nc4ccc5c(c4)CNC5=O)oc4ccccc34)cc2)oc2ccccc12. The Hall–Kier alpha value is -6.03. The summed E-state index contributed by atoms with van der Waals surface area (Å²) >= 11 is 0. The monoisotopic (exact) mass is 641 g/mol. The Bertz CT molecular complexity index is 2180. The fourth-order valence-electron chi connectivity index (χ4n) is 6.33. The summed E-state index contributed by atoms with van der Waals surface area (Å²) in [7, 11) is 0. The summed E-state index contributed by atoms with van der Waals surface area (Å²) in [5.74, 6) is 1.28. The number of urea groups is 2. The molecule has 2 aromatic heterocycles. The molecule has 1 unspecified atom stereocenters. The molecular formula is C38H35N5O5. The zero-order valence-corrected chi connectivity index (χ0v) is 26.8. The zero-order valence-electron chi connectivity index (χ0n) is 26.8. The fraction of sp³-hybridized carbons (Fsp3) is 0.184. The highest BCUT2D eigenvalue weighted by molar-refractivity contribution is 5.99. The molecule has 10 nitrogen and oxygen atoms in total. The number of rotatable bonds is 8. The molecule has 5 amide bonds. The maximum Gasteiger partial charge on any atom is 0.319 e. The predicted octanol–water partition coefficient (Wildman–Crippen LogP) is 8.09. The van der Waals surface area contributed by atoms with Crippen LogP contribution in [0, 0.1) is 6.92 Å². The van der Waals surface area contributed by atoms with Crippen LogP contribution in [0.2, 0.25) is 0 Å². The standard InChI is InChI=1S/C38H35N5O5/c1-21-28-8-4-6-10-32(28)47-34(21)22(2)40-37(45)42-26-14-12-24(13-15-26)18-31-30-9-5-7-11-33(30)48-35(31)23(3)41-38(46)43-27-16-17-29-25(19-27)20-39-36(29)44/h4-17,19,22-23H,18,20H2,1-3H3,(H,39,44)(H2,40,42,45)(H2,41,43,46)/t22?,23-/m1/s1. The Kier molecular flexibility index (Phi) is 8.06. The van der Waals surface area contributed by atoms with E-state index in [1.54, 1.807) is 18.2 Å². The van der Waals surface area contributed by atoms with E-state index in [0.29, 0.717) is 35.7 Å². The van der Waals surface area contributed by atoms with Crippen molar-refractivity contribution in [1.82, 2.24) is 16.0 Å². The number of carbonyl (C=O) groups excluding carboxylic acids is 3. The first kappa shape index (κ1) is 30.6. The summed E-state index contributed by atoms with van der Waals surface area (Å²) in [6, 6.07) is 27.0. The summed E-state index contributed by atoms with van der Waals surface area (Å²) in [5, 5.41) is 16.5. The first-order valence-electron chi connectivity index (χ1n) is 15.9. The molecule has 0 saturated heterocycles. The van der Waals surface area contributed by atoms with E-state index in [2.05, 4.69) is 26.6 Å². The Morgan fingerprint density at radius 1 is 0.750 bits per heavy atom. The largest absolute Gasteiger partial charge is 0.459 e. The van der Waals surface area contributed by atoms with E-state index >= 15 is 0 Å². The number of aryl methyl sites for hydroxylation is 1. The molecule has 0 radical (unpaired) electrons. The van der Waals surface area contributed by atoms with Crippen LogP contribution in [0.25, 0.3) is 21.9 Å². The molecule has 1 aliphatic heterocycles. The molecule has 0 spiro atoms. The van der Waals surface area contributed by atoms with Gasteiger partial charge in [-0.25, -0.2) is 9.59 Å². The van der Waals surface area contributed by atoms with Crippen LogP contribution in [-0.2, 0) is 13.0 Å². The van der Waals surface area contributed by atoms with Crippen molar-refractivity contribution >= 4 is 51.3 Å². The van der Waals surface area contributed by atoms with E-state index < -0.39 is 6.04 Å². The zero-order chi connectivity index (χ0) is 33.4. The fourth-order valence-corrected chi connectivity index (χ4v) is 6.33. The summed E-state index contributed by atoms with van der Waals surface area (Å²) in [6.45, 7) is 6.21. The van der Waals surface area contributed by atoms with Gasteiger partial charge in [-0.1, -0.05) is 48.5 Å². The van der Waals surface area contributed by atoms with Gasteiger partial charge in [0.05, 0.1) is 12.1 Å². The lowest BCUT2D eigenvalue weighted by atomic mass is 9.99. The molecule has 6 aromatic rings. The van der Waals surface area contributed by atoms with Crippen LogP contribution in [-0.4, -0.2) is 18.0 Å². The van der Waals surface area contributed by atoms with Crippen molar-refractivity contribution < 1.29 is 23.2 Å². The third-order valence-corrected chi connectivity index (χ3v) is 8.73. The normalized spacial score (nSPS) is 13.5. The number of carbonyl (C=O) groups is 3. The number of furan rings is 2. The molecule has 4 aromatic carbocycles. The second kappa shape index (κ2) is 12.6. The summed E-state index contributed by atoms with van der Waals surface area (Å²) in [4.78, 5) is 37.7. The van der Waals surface area contributed by atoms with Crippen LogP contribution in [0.5, 0.6) is 0 Å². The van der Waals surface area contributed by atoms with E-state index in [1.165, 1.54) is 0 Å². The van der Waals surface area contributed by atoms with Crippen LogP contribution in [0.15, 0.2) is 99.8 Å². The van der Waals surface area contributed by atoms with E-state index in [-0.39, 0.29) is 24.0 Å². The minimum absolute atomic E-state index is 0.108. The second-order valence-corrected chi connectivity index (χ2v) is 12.1. The van der Waals surface area contributed by atoms with Crippen LogP contribution in [0.3, 0.4) is 0 Å². The molecule has 5 N–H and O–H groups in total. The van der Waals surface area contributed by atoms with Crippen LogP contribution >= 0.6 is 0 Å². The van der Waals surface area contributed by atoms with Crippen LogP contribution in [0.4, 0.5) is 21.0 Å². The number of nitrogens with one attached hydrogen (secondary N) is 5. The summed E-state index contributed by atoms with van der Waals surface area (Å²) in [5.41, 5.74) is 7.24. The molecular weight excluding hydrogens is 606 g/mol. The Balaban J connectivity index is 1.01. The molecule has 1 aliphatic rings. The molecule has 10 heteroatoms. The average molecular weight is 642 g/mol. The van der Waals surface area contributed by atoms with Crippen molar-refractivity contribution in [2.24, 2.45) is 0 Å². The average Bonchev–Trinajstić information content (AvgIpc) is 3.75. The number of fused-ring (bicyclic) bond motifs is 3. The molecule has 48 heavy (non-hydrogen) atoms. The summed E-state index contributed by atoms with van der Waals surface area (Å²) < 4.78 is 12.3. The van der Waals surface area contributed by atoms with Crippen molar-refractivity contribution in [3.8, 4) is 0 Å². The number of anilines is 2. The van der Waals surface area contributed by atoms with Crippen molar-refractivity contribution in [2.75, 3.05) is 10.6 Å². The first-order valence-corrected chi connectivity index (χ1v) is 15.9. The third-order valence-electron chi connectivity index (χ3n) is 8.73. The van der Waals surface area contributed by atoms with Gasteiger partial charge < -0.3 is 35.4 Å². The molecule has 242 valence electrons. The van der Waals surface area contributed by atoms with Gasteiger partial charge in [0, 0.05) is 51.8 Å². The molecule has 3 heterocycles. The minimum Gasteiger partial charge on any atom is -0.459 e. The minimum atomic E-state index is -0.438. The first-order chi connectivity index (χ1) is 23.2. The quantitative estimate of drug-likeness (QED) is 0.114. The van der Waals surface area contributed by atoms with Gasteiger partial charge in [0.2, 0.25) is 0 Å². The van der Waals surface area contributed by atoms with Gasteiger partial charge >= 0.3 is 12.1 Å². The highest BCUT2D eigenvalue weighted by Gasteiger charge is 2.23. The Morgan fingerprint density at radius 2 is 1.33 bits per heavy atom. The smallest absolute Gasteiger partial charge is 0.319 e. The molecule has 0 fully saturated rings. The van der Waals surface area contributed by atoms with Gasteiger partial charge in [-0.2, -0.15) is 0 Å². The summed E-state index contributed by atoms with van der Waals surface area (Å²) in [6.07, 6.45) is 0.556. The van der Waals surface area contributed by atoms with Crippen LogP contribution in [0.1, 0.15) is 70.1 Å². The number of hydrogen-bond acceptors (Lipinski definition) is 5. The topological polar surface area (TPSA) is 138 Å². The maximum atomic E-state index is 13.0. The second-order valence-electron chi connectivity index (χ2n) is 12.1. The van der Waals surface area contributed by atoms with Crippen LogP contribution < -0.4 is 26.6 Å². The number of hydrogen-bond donors (Lipinski definition) is 5. The van der Waals surface area contributed by atoms with E-state index in [0.717, 1.165) is 50.0 Å². The third kappa shape index (κ3) is 6.07. The predicted molar refractivity (Wildman–Crippen MR) is 185 cm³/mol. The lowest BCUT2D eigenvalue weighted by molar-refractivity contribution is 0.0965. The lowest BCUT2D eigenvalue weighted by Crippen LogP contribution is -2.31. The Labute approximate surface area is 276 Å². The van der Waals surface area contributed by atoms with E-state index in [1.807, 2.05) is 93.6 Å². The van der Waals surface area contributed by atoms with Crippen molar-refractivity contribution in [3.63, 3.8) is 0 Å². The van der Waals surface area contributed by atoms with Gasteiger partial charge in [-0.15, -0.1) is 0 Å². The highest BCUT2D eigenvalue weighted by Crippen LogP contribution is 2.33. The van der Waals surface area contributed by atoms with Gasteiger partial charge in [0.15, 0.2) is 0 Å². The number of para-hydroxylation sites is 2. The lowest BCUT2D eigenvalue weighted by Gasteiger charge is -2.15. The molecule has 0 aliphatic carbocycles. The number of amides is 5. The molecule has 7 rings (SSSR count). The molecule has 0 saturated carbocycles. The van der Waals surface area contributed by atoms with Crippen molar-refractivity contribution in [2.45, 2.75) is 45.8 Å².